The molecule has 0 bridgehead atoms. The molecule has 6 heteroatoms. The van der Waals surface area contributed by atoms with E-state index in [2.05, 4.69) is 10.8 Å². The van der Waals surface area contributed by atoms with Gasteiger partial charge in [-0.1, -0.05) is 6.08 Å². The number of nitrogens with one attached hydrogen (secondary N) is 2. The lowest BCUT2D eigenvalue weighted by molar-refractivity contribution is -0.122. The number of rotatable bonds is 5. The number of β-amino-alcohol motifs (C(OH)–C–C–N with tert-alkyl or cyclic N) is 1. The summed E-state index contributed by atoms with van der Waals surface area (Å²) in [4.78, 5) is 16.7. The van der Waals surface area contributed by atoms with Crippen LogP contribution >= 0.6 is 0 Å². The number of Topliss-reactive ketones (excluding diaryl/α,β-unsaturated/α-hetero) is 1. The van der Waals surface area contributed by atoms with E-state index in [1.54, 1.807) is 6.20 Å². The molecule has 3 N–H and O–H groups in total. The van der Waals surface area contributed by atoms with Crippen molar-refractivity contribution in [3.63, 3.8) is 0 Å². The third-order valence-corrected chi connectivity index (χ3v) is 3.29. The van der Waals surface area contributed by atoms with Gasteiger partial charge in [0, 0.05) is 30.5 Å². The predicted octanol–water partition coefficient (Wildman–Crippen LogP) is 0.786. The summed E-state index contributed by atoms with van der Waals surface area (Å²) in [6.45, 7) is 6.77. The lowest BCUT2D eigenvalue weighted by atomic mass is 9.94. The maximum Gasteiger partial charge on any atom is 0.143 e. The van der Waals surface area contributed by atoms with Crippen LogP contribution in [0.25, 0.3) is 0 Å². The van der Waals surface area contributed by atoms with Crippen LogP contribution in [0.15, 0.2) is 23.6 Å². The molecule has 2 atom stereocenters. The molecule has 0 radical (unpaired) electrons. The molecule has 0 saturated heterocycles. The SMILES string of the molecule is CC(C)(C)NCC(O)COC1=CNOC2CC(=O)CC=C12. The Bertz CT molecular complexity index is 451. The van der Waals surface area contributed by atoms with Crippen molar-refractivity contribution in [3.8, 4) is 0 Å². The van der Waals surface area contributed by atoms with Crippen molar-refractivity contribution in [1.82, 2.24) is 10.8 Å². The second-order valence-corrected chi connectivity index (χ2v) is 6.44. The van der Waals surface area contributed by atoms with E-state index < -0.39 is 6.10 Å². The molecule has 2 rings (SSSR count). The van der Waals surface area contributed by atoms with Gasteiger partial charge in [-0.3, -0.25) is 15.1 Å². The summed E-state index contributed by atoms with van der Waals surface area (Å²) in [6, 6.07) is 0. The van der Waals surface area contributed by atoms with Crippen LogP contribution in [0.1, 0.15) is 33.6 Å². The zero-order valence-corrected chi connectivity index (χ0v) is 12.8. The Morgan fingerprint density at radius 2 is 2.33 bits per heavy atom. The van der Waals surface area contributed by atoms with Crippen molar-refractivity contribution < 1.29 is 19.5 Å². The second kappa shape index (κ2) is 6.60. The van der Waals surface area contributed by atoms with Gasteiger partial charge in [-0.2, -0.15) is 0 Å². The summed E-state index contributed by atoms with van der Waals surface area (Å²) >= 11 is 0. The average Bonchev–Trinajstić information content (AvgIpc) is 2.41. The molecule has 0 aromatic rings. The molecule has 1 heterocycles. The highest BCUT2D eigenvalue weighted by atomic mass is 16.7. The van der Waals surface area contributed by atoms with Crippen LogP contribution in [0.5, 0.6) is 0 Å². The summed E-state index contributed by atoms with van der Waals surface area (Å²) in [5, 5.41) is 13.2. The van der Waals surface area contributed by atoms with Crippen molar-refractivity contribution >= 4 is 5.78 Å². The van der Waals surface area contributed by atoms with Crippen molar-refractivity contribution in [2.45, 2.75) is 51.4 Å². The molecule has 0 aromatic carbocycles. The van der Waals surface area contributed by atoms with Gasteiger partial charge < -0.3 is 15.2 Å². The van der Waals surface area contributed by atoms with E-state index >= 15 is 0 Å². The first-order valence-electron chi connectivity index (χ1n) is 7.24. The minimum atomic E-state index is -0.600. The minimum Gasteiger partial charge on any atom is -0.489 e. The van der Waals surface area contributed by atoms with E-state index in [0.717, 1.165) is 5.57 Å². The number of carbonyl (C=O) groups excluding carboxylic acids is 1. The standard InChI is InChI=1S/C15H24N2O4/c1-15(2,3)16-7-11(19)9-20-14-8-17-21-13-6-10(18)4-5-12(13)14/h5,8,11,13,16-17,19H,4,6-7,9H2,1-3H3. The molecular weight excluding hydrogens is 272 g/mol. The van der Waals surface area contributed by atoms with Crippen LogP contribution in [-0.4, -0.2) is 41.8 Å². The fraction of sp³-hybridized carbons (Fsp3) is 0.667. The number of fused-ring (bicyclic) bond motifs is 1. The maximum atomic E-state index is 11.4. The van der Waals surface area contributed by atoms with E-state index in [-0.39, 0.29) is 24.0 Å². The van der Waals surface area contributed by atoms with E-state index in [1.807, 2.05) is 26.8 Å². The summed E-state index contributed by atoms with van der Waals surface area (Å²) in [6.07, 6.45) is 3.32. The molecule has 0 aromatic heterocycles. The Balaban J connectivity index is 1.85. The molecule has 118 valence electrons. The number of allylic oxidation sites excluding steroid dienone is 1. The van der Waals surface area contributed by atoms with Gasteiger partial charge in [0.25, 0.3) is 0 Å². The topological polar surface area (TPSA) is 79.8 Å². The van der Waals surface area contributed by atoms with Gasteiger partial charge in [-0.15, -0.1) is 0 Å². The molecule has 0 spiro atoms. The third kappa shape index (κ3) is 4.84. The van der Waals surface area contributed by atoms with E-state index in [1.165, 1.54) is 0 Å². The Morgan fingerprint density at radius 3 is 3.05 bits per heavy atom. The van der Waals surface area contributed by atoms with E-state index in [4.69, 9.17) is 9.57 Å². The summed E-state index contributed by atoms with van der Waals surface area (Å²) in [5.74, 6) is 0.787. The zero-order valence-electron chi connectivity index (χ0n) is 12.8. The Labute approximate surface area is 125 Å². The Hall–Kier alpha value is -1.37. The van der Waals surface area contributed by atoms with Gasteiger partial charge >= 0.3 is 0 Å². The molecule has 2 unspecified atom stereocenters. The third-order valence-electron chi connectivity index (χ3n) is 3.29. The minimum absolute atomic E-state index is 0.0438. The van der Waals surface area contributed by atoms with Gasteiger partial charge in [0.1, 0.15) is 30.4 Å². The lowest BCUT2D eigenvalue weighted by Gasteiger charge is -2.29. The van der Waals surface area contributed by atoms with Crippen LogP contribution in [0.3, 0.4) is 0 Å². The number of aliphatic hydroxyl groups excluding tert-OH is 1. The molecule has 6 nitrogen and oxygen atoms in total. The van der Waals surface area contributed by atoms with Gasteiger partial charge in [0.15, 0.2) is 0 Å². The van der Waals surface area contributed by atoms with E-state index in [0.29, 0.717) is 25.1 Å². The summed E-state index contributed by atoms with van der Waals surface area (Å²) in [5.41, 5.74) is 3.49. The molecule has 1 aliphatic carbocycles. The van der Waals surface area contributed by atoms with Crippen molar-refractivity contribution in [1.29, 1.82) is 0 Å². The highest BCUT2D eigenvalue weighted by Crippen LogP contribution is 2.28. The number of hydroxylamine groups is 1. The number of carbonyl (C=O) groups is 1. The summed E-state index contributed by atoms with van der Waals surface area (Å²) < 4.78 is 5.66. The molecule has 0 saturated carbocycles. The number of ketones is 1. The summed E-state index contributed by atoms with van der Waals surface area (Å²) in [7, 11) is 0. The number of ether oxygens (including phenoxy) is 1. The van der Waals surface area contributed by atoms with Crippen LogP contribution in [0.2, 0.25) is 0 Å². The predicted molar refractivity (Wildman–Crippen MR) is 78.1 cm³/mol. The van der Waals surface area contributed by atoms with Crippen LogP contribution < -0.4 is 10.8 Å². The first-order chi connectivity index (χ1) is 9.85. The molecule has 0 fully saturated rings. The smallest absolute Gasteiger partial charge is 0.143 e. The van der Waals surface area contributed by atoms with E-state index in [9.17, 15) is 9.90 Å². The quantitative estimate of drug-likeness (QED) is 0.696. The normalized spacial score (nSPS) is 23.6. The van der Waals surface area contributed by atoms with Gasteiger partial charge in [0.2, 0.25) is 0 Å². The number of hydrogen-bond donors (Lipinski definition) is 3. The van der Waals surface area contributed by atoms with Crippen LogP contribution in [0.4, 0.5) is 0 Å². The molecule has 1 aliphatic heterocycles. The first kappa shape index (κ1) is 16.0. The largest absolute Gasteiger partial charge is 0.489 e. The number of hydrogen-bond acceptors (Lipinski definition) is 6. The molecule has 21 heavy (non-hydrogen) atoms. The molecular formula is C15H24N2O4. The van der Waals surface area contributed by atoms with Crippen molar-refractivity contribution in [2.75, 3.05) is 13.2 Å². The lowest BCUT2D eigenvalue weighted by Crippen LogP contribution is -2.42. The zero-order chi connectivity index (χ0) is 15.5. The van der Waals surface area contributed by atoms with Gasteiger partial charge in [0.05, 0.1) is 6.20 Å². The van der Waals surface area contributed by atoms with Gasteiger partial charge in [-0.25, -0.2) is 0 Å². The monoisotopic (exact) mass is 296 g/mol. The maximum absolute atomic E-state index is 11.4. The Kier molecular flexibility index (Phi) is 5.03. The second-order valence-electron chi connectivity index (χ2n) is 6.44. The highest BCUT2D eigenvalue weighted by molar-refractivity contribution is 5.82. The fourth-order valence-electron chi connectivity index (χ4n) is 2.17. The Morgan fingerprint density at radius 1 is 1.57 bits per heavy atom. The van der Waals surface area contributed by atoms with Crippen molar-refractivity contribution in [2.24, 2.45) is 0 Å². The van der Waals surface area contributed by atoms with Crippen molar-refractivity contribution in [3.05, 3.63) is 23.6 Å². The number of aliphatic hydroxyl groups is 1. The molecule has 0 amide bonds. The van der Waals surface area contributed by atoms with Crippen LogP contribution in [0, 0.1) is 0 Å². The fourth-order valence-corrected chi connectivity index (χ4v) is 2.17. The molecule has 2 aliphatic rings. The highest BCUT2D eigenvalue weighted by Gasteiger charge is 2.30. The first-order valence-corrected chi connectivity index (χ1v) is 7.24. The van der Waals surface area contributed by atoms with Gasteiger partial charge in [-0.05, 0) is 20.8 Å². The average molecular weight is 296 g/mol. The van der Waals surface area contributed by atoms with Crippen LogP contribution in [-0.2, 0) is 14.4 Å².